The van der Waals surface area contributed by atoms with Crippen molar-refractivity contribution in [2.75, 3.05) is 6.54 Å². The lowest BCUT2D eigenvalue weighted by Crippen LogP contribution is -2.25. The van der Waals surface area contributed by atoms with Crippen LogP contribution in [-0.4, -0.2) is 12.8 Å². The van der Waals surface area contributed by atoms with Crippen LogP contribution < -0.4 is 5.32 Å². The van der Waals surface area contributed by atoms with Gasteiger partial charge in [0.15, 0.2) is 0 Å². The summed E-state index contributed by atoms with van der Waals surface area (Å²) in [6.07, 6.45) is 0.124. The number of nitrogens with one attached hydrogen (secondary N) is 1. The predicted octanol–water partition coefficient (Wildman–Crippen LogP) is 0.762. The molecular formula is C5H12NO. The second kappa shape index (κ2) is 4.09. The first-order chi connectivity index (χ1) is 3.31. The largest absolute Gasteiger partial charge is 0.290 e. The van der Waals surface area contributed by atoms with Crippen LogP contribution in [0.15, 0.2) is 0 Å². The van der Waals surface area contributed by atoms with Gasteiger partial charge in [-0.2, -0.15) is 0 Å². The molecule has 0 saturated carbocycles. The summed E-state index contributed by atoms with van der Waals surface area (Å²) in [7, 11) is 0. The van der Waals surface area contributed by atoms with Gasteiger partial charge in [0.05, 0.1) is 0 Å². The van der Waals surface area contributed by atoms with E-state index in [0.29, 0.717) is 6.42 Å². The Morgan fingerprint density at radius 3 is 2.29 bits per heavy atom. The minimum Gasteiger partial charge on any atom is -0.290 e. The second-order valence-corrected chi connectivity index (χ2v) is 1.45. The minimum absolute atomic E-state index is 0.551. The van der Waals surface area contributed by atoms with Gasteiger partial charge in [0.1, 0.15) is 6.23 Å². The fourth-order valence-electron chi connectivity index (χ4n) is 0.372. The van der Waals surface area contributed by atoms with Crippen molar-refractivity contribution in [2.24, 2.45) is 0 Å². The topological polar surface area (TPSA) is 31.9 Å². The molecule has 0 rings (SSSR count). The summed E-state index contributed by atoms with van der Waals surface area (Å²) in [5.41, 5.74) is 0. The van der Waals surface area contributed by atoms with Gasteiger partial charge in [-0.15, -0.1) is 0 Å². The van der Waals surface area contributed by atoms with E-state index in [9.17, 15) is 5.11 Å². The molecule has 1 radical (unpaired) electrons. The molecule has 0 spiro atoms. The second-order valence-electron chi connectivity index (χ2n) is 1.45. The molecule has 0 aromatic rings. The molecule has 0 aliphatic rings. The first kappa shape index (κ1) is 6.92. The molecule has 0 saturated heterocycles. The van der Waals surface area contributed by atoms with Gasteiger partial charge in [-0.3, -0.25) is 5.32 Å². The van der Waals surface area contributed by atoms with Crippen molar-refractivity contribution < 1.29 is 5.11 Å². The standard InChI is InChI=1S/C5H12NO/c1-3-5(7)6-4-2/h5-6H,3-4H2,1-2H3. The van der Waals surface area contributed by atoms with E-state index < -0.39 is 6.23 Å². The van der Waals surface area contributed by atoms with E-state index in [2.05, 4.69) is 5.32 Å². The van der Waals surface area contributed by atoms with Crippen LogP contribution in [0, 0.1) is 0 Å². The third-order valence-electron chi connectivity index (χ3n) is 0.803. The van der Waals surface area contributed by atoms with Crippen LogP contribution >= 0.6 is 0 Å². The third-order valence-corrected chi connectivity index (χ3v) is 0.803. The van der Waals surface area contributed by atoms with E-state index >= 15 is 0 Å². The van der Waals surface area contributed by atoms with E-state index in [4.69, 9.17) is 0 Å². The summed E-state index contributed by atoms with van der Waals surface area (Å²) in [5, 5.41) is 13.1. The van der Waals surface area contributed by atoms with Crippen LogP contribution in [0.3, 0.4) is 0 Å². The fraction of sp³-hybridized carbons (Fsp3) is 1.00. The summed E-state index contributed by atoms with van der Waals surface area (Å²) in [4.78, 5) is 0. The Hall–Kier alpha value is -0.0800. The zero-order valence-electron chi connectivity index (χ0n) is 4.90. The van der Waals surface area contributed by atoms with Crippen LogP contribution in [0.1, 0.15) is 20.3 Å². The molecular weight excluding hydrogens is 90.1 g/mol. The molecule has 0 heterocycles. The molecule has 1 atom stereocenters. The van der Waals surface area contributed by atoms with Crippen LogP contribution in [0.25, 0.3) is 0 Å². The first-order valence-corrected chi connectivity index (χ1v) is 2.70. The van der Waals surface area contributed by atoms with E-state index in [1.54, 1.807) is 0 Å². The Morgan fingerprint density at radius 2 is 2.14 bits per heavy atom. The molecule has 0 fully saturated rings. The molecule has 1 unspecified atom stereocenters. The minimum atomic E-state index is -0.551. The van der Waals surface area contributed by atoms with E-state index in [-0.39, 0.29) is 0 Å². The van der Waals surface area contributed by atoms with Crippen LogP contribution in [-0.2, 0) is 5.11 Å². The molecule has 7 heavy (non-hydrogen) atoms. The van der Waals surface area contributed by atoms with Crippen molar-refractivity contribution in [3.05, 3.63) is 0 Å². The zero-order chi connectivity index (χ0) is 5.70. The van der Waals surface area contributed by atoms with Crippen LogP contribution in [0.2, 0.25) is 0 Å². The van der Waals surface area contributed by atoms with Gasteiger partial charge in [0.25, 0.3) is 0 Å². The van der Waals surface area contributed by atoms with Gasteiger partial charge in [0.2, 0.25) is 0 Å². The normalized spacial score (nSPS) is 14.1. The monoisotopic (exact) mass is 102 g/mol. The van der Waals surface area contributed by atoms with Crippen molar-refractivity contribution >= 4 is 0 Å². The highest BCUT2D eigenvalue weighted by atomic mass is 16.3. The highest BCUT2D eigenvalue weighted by molar-refractivity contribution is 4.43. The van der Waals surface area contributed by atoms with Gasteiger partial charge in [0, 0.05) is 0 Å². The summed E-state index contributed by atoms with van der Waals surface area (Å²) in [6.45, 7) is 4.59. The van der Waals surface area contributed by atoms with Gasteiger partial charge in [-0.1, -0.05) is 13.8 Å². The molecule has 1 N–H and O–H groups in total. The fourth-order valence-corrected chi connectivity index (χ4v) is 0.372. The lowest BCUT2D eigenvalue weighted by atomic mass is 10.4. The molecule has 0 bridgehead atoms. The van der Waals surface area contributed by atoms with Gasteiger partial charge >= 0.3 is 0 Å². The quantitative estimate of drug-likeness (QED) is 0.524. The number of rotatable bonds is 3. The Kier molecular flexibility index (Phi) is 4.04. The molecule has 0 aromatic heterocycles. The molecule has 0 aliphatic carbocycles. The molecule has 2 heteroatoms. The maximum Gasteiger partial charge on any atom is 0.143 e. The average Bonchev–Trinajstić information content (AvgIpc) is 1.68. The molecule has 43 valence electrons. The Balaban J connectivity index is 2.83. The highest BCUT2D eigenvalue weighted by Gasteiger charge is 1.95. The number of hydrogen-bond donors (Lipinski definition) is 1. The van der Waals surface area contributed by atoms with Crippen molar-refractivity contribution in [1.29, 1.82) is 0 Å². The predicted molar refractivity (Wildman–Crippen MR) is 28.4 cm³/mol. The average molecular weight is 102 g/mol. The maximum atomic E-state index is 10.4. The Bertz CT molecular complexity index is 39.1. The molecule has 0 amide bonds. The third kappa shape index (κ3) is 3.76. The van der Waals surface area contributed by atoms with Crippen molar-refractivity contribution in [3.63, 3.8) is 0 Å². The van der Waals surface area contributed by atoms with E-state index in [0.717, 1.165) is 6.54 Å². The van der Waals surface area contributed by atoms with Crippen molar-refractivity contribution in [3.8, 4) is 0 Å². The maximum absolute atomic E-state index is 10.4. The molecule has 0 aromatic carbocycles. The summed E-state index contributed by atoms with van der Waals surface area (Å²) >= 11 is 0. The van der Waals surface area contributed by atoms with Crippen molar-refractivity contribution in [2.45, 2.75) is 26.5 Å². The van der Waals surface area contributed by atoms with Crippen molar-refractivity contribution in [1.82, 2.24) is 5.32 Å². The Labute approximate surface area is 44.5 Å². The van der Waals surface area contributed by atoms with E-state index in [1.807, 2.05) is 13.8 Å². The smallest absolute Gasteiger partial charge is 0.143 e. The van der Waals surface area contributed by atoms with Gasteiger partial charge in [-0.25, -0.2) is 5.11 Å². The molecule has 2 nitrogen and oxygen atoms in total. The van der Waals surface area contributed by atoms with Gasteiger partial charge < -0.3 is 0 Å². The summed E-state index contributed by atoms with van der Waals surface area (Å²) in [6, 6.07) is 0. The number of hydrogen-bond acceptors (Lipinski definition) is 1. The summed E-state index contributed by atoms with van der Waals surface area (Å²) in [5.74, 6) is 0. The summed E-state index contributed by atoms with van der Waals surface area (Å²) < 4.78 is 0. The SMILES string of the molecule is CCNC([O])CC. The van der Waals surface area contributed by atoms with Gasteiger partial charge in [-0.05, 0) is 13.0 Å². The molecule has 0 aliphatic heterocycles. The zero-order valence-corrected chi connectivity index (χ0v) is 4.90. The Morgan fingerprint density at radius 1 is 1.57 bits per heavy atom. The lowest BCUT2D eigenvalue weighted by molar-refractivity contribution is 0.0575. The van der Waals surface area contributed by atoms with Crippen LogP contribution in [0.5, 0.6) is 0 Å². The first-order valence-electron chi connectivity index (χ1n) is 2.70. The lowest BCUT2D eigenvalue weighted by Gasteiger charge is -2.02. The van der Waals surface area contributed by atoms with Crippen LogP contribution in [0.4, 0.5) is 0 Å². The highest BCUT2D eigenvalue weighted by Crippen LogP contribution is 1.81. The van der Waals surface area contributed by atoms with E-state index in [1.165, 1.54) is 0 Å².